The SMILES string of the molecule is CN(C[C@H]1CCNC1)c1nc2cc([N+](=O)[O-])ccc2o1. The predicted molar refractivity (Wildman–Crippen MR) is 74.9 cm³/mol. The molecule has 20 heavy (non-hydrogen) atoms. The van der Waals surface area contributed by atoms with Gasteiger partial charge >= 0.3 is 0 Å². The van der Waals surface area contributed by atoms with Crippen molar-refractivity contribution in [3.05, 3.63) is 28.3 Å². The van der Waals surface area contributed by atoms with E-state index >= 15 is 0 Å². The summed E-state index contributed by atoms with van der Waals surface area (Å²) in [6.07, 6.45) is 1.15. The van der Waals surface area contributed by atoms with Crippen molar-refractivity contribution in [2.75, 3.05) is 31.6 Å². The average Bonchev–Trinajstić information content (AvgIpc) is 3.05. The molecule has 0 spiro atoms. The molecule has 0 aliphatic carbocycles. The molecule has 3 rings (SSSR count). The van der Waals surface area contributed by atoms with Gasteiger partial charge in [0.2, 0.25) is 0 Å². The Bertz CT molecular complexity index is 634. The van der Waals surface area contributed by atoms with Crippen molar-refractivity contribution >= 4 is 22.8 Å². The maximum absolute atomic E-state index is 10.7. The van der Waals surface area contributed by atoms with Gasteiger partial charge in [0.15, 0.2) is 5.58 Å². The van der Waals surface area contributed by atoms with Crippen LogP contribution in [-0.2, 0) is 0 Å². The standard InChI is InChI=1S/C13H16N4O3/c1-16(8-9-4-5-14-7-9)13-15-11-6-10(17(18)19)2-3-12(11)20-13/h2-3,6,9,14H,4-5,7-8H2,1H3/t9-/m0/s1. The summed E-state index contributed by atoms with van der Waals surface area (Å²) in [6.45, 7) is 2.93. The third kappa shape index (κ3) is 2.44. The number of anilines is 1. The molecular weight excluding hydrogens is 260 g/mol. The number of nitrogens with one attached hydrogen (secondary N) is 1. The summed E-state index contributed by atoms with van der Waals surface area (Å²) < 4.78 is 5.65. The molecule has 0 bridgehead atoms. The second-order valence-electron chi connectivity index (χ2n) is 5.14. The van der Waals surface area contributed by atoms with Crippen LogP contribution in [0.4, 0.5) is 11.7 Å². The maximum Gasteiger partial charge on any atom is 0.298 e. The van der Waals surface area contributed by atoms with Crippen molar-refractivity contribution in [2.45, 2.75) is 6.42 Å². The lowest BCUT2D eigenvalue weighted by Crippen LogP contribution is -2.26. The highest BCUT2D eigenvalue weighted by Crippen LogP contribution is 2.25. The van der Waals surface area contributed by atoms with E-state index in [1.54, 1.807) is 6.07 Å². The van der Waals surface area contributed by atoms with E-state index in [4.69, 9.17) is 4.42 Å². The normalized spacial score (nSPS) is 18.6. The molecule has 0 amide bonds. The first-order chi connectivity index (χ1) is 9.63. The Morgan fingerprint density at radius 2 is 2.45 bits per heavy atom. The van der Waals surface area contributed by atoms with Crippen molar-refractivity contribution in [3.63, 3.8) is 0 Å². The van der Waals surface area contributed by atoms with Crippen LogP contribution in [0.3, 0.4) is 0 Å². The summed E-state index contributed by atoms with van der Waals surface area (Å²) in [5.74, 6) is 0.587. The molecular formula is C13H16N4O3. The lowest BCUT2D eigenvalue weighted by molar-refractivity contribution is -0.384. The summed E-state index contributed by atoms with van der Waals surface area (Å²) in [7, 11) is 1.93. The van der Waals surface area contributed by atoms with Crippen LogP contribution in [0.2, 0.25) is 0 Å². The van der Waals surface area contributed by atoms with Gasteiger partial charge in [0, 0.05) is 25.7 Å². The first-order valence-electron chi connectivity index (χ1n) is 6.60. The van der Waals surface area contributed by atoms with Gasteiger partial charge in [-0.3, -0.25) is 10.1 Å². The summed E-state index contributed by atoms with van der Waals surface area (Å²) in [6, 6.07) is 4.97. The summed E-state index contributed by atoms with van der Waals surface area (Å²) in [5, 5.41) is 14.1. The number of oxazole rings is 1. The molecule has 1 aromatic carbocycles. The van der Waals surface area contributed by atoms with Crippen LogP contribution in [0, 0.1) is 16.0 Å². The number of nitrogens with zero attached hydrogens (tertiary/aromatic N) is 3. The van der Waals surface area contributed by atoms with Crippen LogP contribution in [0.25, 0.3) is 11.1 Å². The zero-order valence-corrected chi connectivity index (χ0v) is 11.2. The van der Waals surface area contributed by atoms with E-state index in [2.05, 4.69) is 10.3 Å². The first-order valence-corrected chi connectivity index (χ1v) is 6.60. The Labute approximate surface area is 115 Å². The Balaban J connectivity index is 1.82. The number of nitro benzene ring substituents is 1. The third-order valence-corrected chi connectivity index (χ3v) is 3.59. The minimum Gasteiger partial charge on any atom is -0.423 e. The van der Waals surface area contributed by atoms with E-state index in [1.165, 1.54) is 12.1 Å². The van der Waals surface area contributed by atoms with Crippen molar-refractivity contribution < 1.29 is 9.34 Å². The molecule has 1 aliphatic heterocycles. The number of nitro groups is 1. The fraction of sp³-hybridized carbons (Fsp3) is 0.462. The van der Waals surface area contributed by atoms with Gasteiger partial charge in [0.25, 0.3) is 11.7 Å². The average molecular weight is 276 g/mol. The molecule has 1 atom stereocenters. The van der Waals surface area contributed by atoms with Gasteiger partial charge in [-0.1, -0.05) is 0 Å². The van der Waals surface area contributed by atoms with E-state index in [0.717, 1.165) is 26.1 Å². The molecule has 1 saturated heterocycles. The third-order valence-electron chi connectivity index (χ3n) is 3.59. The number of fused-ring (bicyclic) bond motifs is 1. The summed E-state index contributed by atoms with van der Waals surface area (Å²) in [5.41, 5.74) is 1.12. The van der Waals surface area contributed by atoms with E-state index < -0.39 is 4.92 Å². The minimum absolute atomic E-state index is 0.0278. The molecule has 1 aromatic heterocycles. The molecule has 0 saturated carbocycles. The van der Waals surface area contributed by atoms with Crippen LogP contribution in [0.1, 0.15) is 6.42 Å². The maximum atomic E-state index is 10.7. The molecule has 0 radical (unpaired) electrons. The van der Waals surface area contributed by atoms with Crippen LogP contribution in [-0.4, -0.2) is 36.6 Å². The highest BCUT2D eigenvalue weighted by atomic mass is 16.6. The molecule has 2 heterocycles. The fourth-order valence-corrected chi connectivity index (χ4v) is 2.52. The second-order valence-corrected chi connectivity index (χ2v) is 5.14. The Kier molecular flexibility index (Phi) is 3.27. The number of hydrogen-bond acceptors (Lipinski definition) is 6. The summed E-state index contributed by atoms with van der Waals surface area (Å²) in [4.78, 5) is 16.6. The lowest BCUT2D eigenvalue weighted by atomic mass is 10.1. The largest absolute Gasteiger partial charge is 0.423 e. The minimum atomic E-state index is -0.429. The highest BCUT2D eigenvalue weighted by molar-refractivity contribution is 5.77. The molecule has 7 nitrogen and oxygen atoms in total. The summed E-state index contributed by atoms with van der Waals surface area (Å²) >= 11 is 0. The van der Waals surface area contributed by atoms with E-state index in [-0.39, 0.29) is 5.69 Å². The molecule has 7 heteroatoms. The molecule has 106 valence electrons. The van der Waals surface area contributed by atoms with E-state index in [9.17, 15) is 10.1 Å². The predicted octanol–water partition coefficient (Wildman–Crippen LogP) is 1.78. The molecule has 2 aromatic rings. The fourth-order valence-electron chi connectivity index (χ4n) is 2.52. The topological polar surface area (TPSA) is 84.4 Å². The zero-order chi connectivity index (χ0) is 14.1. The van der Waals surface area contributed by atoms with Gasteiger partial charge in [0.1, 0.15) is 5.52 Å². The molecule has 1 aliphatic rings. The van der Waals surface area contributed by atoms with Crippen LogP contribution in [0.5, 0.6) is 0 Å². The van der Waals surface area contributed by atoms with Crippen LogP contribution in [0.15, 0.2) is 22.6 Å². The van der Waals surface area contributed by atoms with Crippen molar-refractivity contribution in [2.24, 2.45) is 5.92 Å². The van der Waals surface area contributed by atoms with Gasteiger partial charge < -0.3 is 14.6 Å². The zero-order valence-electron chi connectivity index (χ0n) is 11.2. The number of non-ortho nitro benzene ring substituents is 1. The first kappa shape index (κ1) is 12.9. The quantitative estimate of drug-likeness (QED) is 0.677. The van der Waals surface area contributed by atoms with Crippen LogP contribution >= 0.6 is 0 Å². The number of benzene rings is 1. The van der Waals surface area contributed by atoms with E-state index in [1.807, 2.05) is 11.9 Å². The Morgan fingerprint density at radius 1 is 1.60 bits per heavy atom. The van der Waals surface area contributed by atoms with Gasteiger partial charge in [-0.15, -0.1) is 0 Å². The number of hydrogen-bond donors (Lipinski definition) is 1. The van der Waals surface area contributed by atoms with Gasteiger partial charge in [-0.2, -0.15) is 4.98 Å². The molecule has 0 unspecified atom stereocenters. The van der Waals surface area contributed by atoms with Gasteiger partial charge in [-0.05, 0) is 31.5 Å². The Hall–Kier alpha value is -2.15. The Morgan fingerprint density at radius 3 is 3.15 bits per heavy atom. The van der Waals surface area contributed by atoms with Crippen LogP contribution < -0.4 is 10.2 Å². The highest BCUT2D eigenvalue weighted by Gasteiger charge is 2.19. The lowest BCUT2D eigenvalue weighted by Gasteiger charge is -2.18. The molecule has 1 fully saturated rings. The monoisotopic (exact) mass is 276 g/mol. The van der Waals surface area contributed by atoms with E-state index in [0.29, 0.717) is 23.0 Å². The van der Waals surface area contributed by atoms with Crippen molar-refractivity contribution in [1.82, 2.24) is 10.3 Å². The van der Waals surface area contributed by atoms with Gasteiger partial charge in [-0.25, -0.2) is 0 Å². The number of aromatic nitrogens is 1. The number of rotatable bonds is 4. The van der Waals surface area contributed by atoms with Gasteiger partial charge in [0.05, 0.1) is 4.92 Å². The second kappa shape index (κ2) is 5.09. The smallest absolute Gasteiger partial charge is 0.298 e. The molecule has 1 N–H and O–H groups in total. The van der Waals surface area contributed by atoms with Crippen molar-refractivity contribution in [1.29, 1.82) is 0 Å². The van der Waals surface area contributed by atoms with Crippen molar-refractivity contribution in [3.8, 4) is 0 Å².